The minimum Gasteiger partial charge on any atom is -0.387 e. The van der Waals surface area contributed by atoms with Gasteiger partial charge in [0, 0.05) is 18.9 Å². The summed E-state index contributed by atoms with van der Waals surface area (Å²) in [5, 5.41) is 25.7. The molecule has 4 heterocycles. The number of nitrogens with one attached hydrogen (secondary N) is 2. The molecule has 5 unspecified atom stereocenters. The van der Waals surface area contributed by atoms with E-state index in [-0.39, 0.29) is 22.3 Å². The van der Waals surface area contributed by atoms with Crippen LogP contribution in [0.4, 0.5) is 11.6 Å². The van der Waals surface area contributed by atoms with Gasteiger partial charge in [-0.1, -0.05) is 0 Å². The highest BCUT2D eigenvalue weighted by molar-refractivity contribution is 7.71. The summed E-state index contributed by atoms with van der Waals surface area (Å²) in [6.45, 7) is -0.482. The molecule has 1 saturated heterocycles. The molecule has 7 N–H and O–H groups in total. The van der Waals surface area contributed by atoms with Gasteiger partial charge in [0.05, 0.1) is 12.5 Å². The molecular weight excluding hydrogens is 518 g/mol. The molecule has 184 valence electrons. The first-order valence-corrected chi connectivity index (χ1v) is 13.5. The number of aliphatic hydroxyl groups is 2. The number of halogens is 1. The maximum absolute atomic E-state index is 12.0. The third-order valence-electron chi connectivity index (χ3n) is 4.73. The van der Waals surface area contributed by atoms with Gasteiger partial charge in [-0.15, -0.1) is 0 Å². The summed E-state index contributed by atoms with van der Waals surface area (Å²) in [6, 6.07) is 0. The Bertz CT molecular complexity index is 1280. The van der Waals surface area contributed by atoms with E-state index in [0.717, 1.165) is 0 Å². The number of aromatic nitrogens is 6. The zero-order valence-corrected chi connectivity index (χ0v) is 19.5. The van der Waals surface area contributed by atoms with Crippen LogP contribution in [-0.4, -0.2) is 85.1 Å². The molecule has 0 saturated carbocycles. The number of hydrogen-bond donors (Lipinski definition) is 7. The van der Waals surface area contributed by atoms with Gasteiger partial charge in [-0.25, -0.2) is 15.1 Å². The molecule has 0 spiro atoms. The molecule has 19 heteroatoms. The smallest absolute Gasteiger partial charge is 0.336 e. The van der Waals surface area contributed by atoms with Crippen LogP contribution in [0.25, 0.3) is 11.2 Å². The number of fused-ring (bicyclic) bond motifs is 1. The molecule has 4 rings (SSSR count). The summed E-state index contributed by atoms with van der Waals surface area (Å²) in [7, 11) is -9.21. The van der Waals surface area contributed by atoms with Crippen molar-refractivity contribution in [2.45, 2.75) is 24.5 Å². The van der Waals surface area contributed by atoms with Crippen molar-refractivity contribution in [2.24, 2.45) is 0 Å². The summed E-state index contributed by atoms with van der Waals surface area (Å²) in [5.41, 5.74) is 0.383. The fourth-order valence-electron chi connectivity index (χ4n) is 3.31. The molecule has 0 aromatic carbocycles. The van der Waals surface area contributed by atoms with E-state index in [1.807, 2.05) is 0 Å². The molecule has 0 amide bonds. The van der Waals surface area contributed by atoms with Crippen LogP contribution in [-0.2, 0) is 13.9 Å². The predicted molar refractivity (Wildman–Crippen MR) is 116 cm³/mol. The Morgan fingerprint density at radius 2 is 1.88 bits per heavy atom. The number of aliphatic hydroxyl groups excluding tert-OH is 2. The van der Waals surface area contributed by atoms with E-state index in [0.29, 0.717) is 5.82 Å². The van der Waals surface area contributed by atoms with E-state index >= 15 is 0 Å². The van der Waals surface area contributed by atoms with Crippen molar-refractivity contribution in [2.75, 3.05) is 17.8 Å². The van der Waals surface area contributed by atoms with Crippen LogP contribution in [0.2, 0.25) is 5.28 Å². The zero-order valence-electron chi connectivity index (χ0n) is 16.9. The average Bonchev–Trinajstić information content (AvgIpc) is 3.27. The summed E-state index contributed by atoms with van der Waals surface area (Å²) in [5.74, 6) is -0.743. The number of imidazole rings is 1. The Hall–Kier alpha value is -2.10. The highest BCUT2D eigenvalue weighted by Crippen LogP contribution is 2.52. The fourth-order valence-corrected chi connectivity index (χ4v) is 6.34. The van der Waals surface area contributed by atoms with E-state index in [1.165, 1.54) is 29.5 Å². The maximum Gasteiger partial charge on any atom is 0.336 e. The van der Waals surface area contributed by atoms with Crippen molar-refractivity contribution < 1.29 is 38.8 Å². The van der Waals surface area contributed by atoms with Crippen LogP contribution in [0.1, 0.15) is 6.23 Å². The zero-order chi connectivity index (χ0) is 24.7. The van der Waals surface area contributed by atoms with Crippen molar-refractivity contribution in [1.29, 1.82) is 0 Å². The first kappa shape index (κ1) is 25.0. The van der Waals surface area contributed by atoms with E-state index in [2.05, 4.69) is 35.3 Å². The maximum atomic E-state index is 12.0. The first-order valence-electron chi connectivity index (χ1n) is 9.50. The number of rotatable bonds is 8. The number of nitrogens with zero attached hydrogens (tertiary/aromatic N) is 6. The second-order valence-electron chi connectivity index (χ2n) is 7.30. The molecule has 1 aliphatic heterocycles. The summed E-state index contributed by atoms with van der Waals surface area (Å²) < 4.78 is 29.9. The Kier molecular flexibility index (Phi) is 6.99. The molecule has 5 atom stereocenters. The number of hydrogen-bond acceptors (Lipinski definition) is 11. The van der Waals surface area contributed by atoms with Gasteiger partial charge in [-0.3, -0.25) is 18.7 Å². The summed E-state index contributed by atoms with van der Waals surface area (Å²) in [4.78, 5) is 48.0. The van der Waals surface area contributed by atoms with Gasteiger partial charge in [0.25, 0.3) is 7.52 Å². The minimum absolute atomic E-state index is 0.144. The van der Waals surface area contributed by atoms with Gasteiger partial charge in [0.2, 0.25) is 5.28 Å². The van der Waals surface area contributed by atoms with Gasteiger partial charge < -0.3 is 34.9 Å². The lowest BCUT2D eigenvalue weighted by Gasteiger charge is -2.19. The Morgan fingerprint density at radius 1 is 1.12 bits per heavy atom. The molecular formula is C15H19ClN8O8P2. The van der Waals surface area contributed by atoms with Crippen molar-refractivity contribution in [1.82, 2.24) is 34.6 Å². The number of anilines is 2. The van der Waals surface area contributed by atoms with E-state index in [4.69, 9.17) is 26.1 Å². The molecule has 3 aromatic heterocycles. The van der Waals surface area contributed by atoms with Crippen molar-refractivity contribution in [3.63, 3.8) is 0 Å². The van der Waals surface area contributed by atoms with Crippen molar-refractivity contribution in [3.8, 4) is 0 Å². The molecule has 1 fully saturated rings. The monoisotopic (exact) mass is 536 g/mol. The normalized spacial score (nSPS) is 24.9. The number of ether oxygens (including phenoxy) is 1. The van der Waals surface area contributed by atoms with Gasteiger partial charge in [0.15, 0.2) is 23.2 Å². The highest BCUT2D eigenvalue weighted by Gasteiger charge is 2.45. The van der Waals surface area contributed by atoms with Crippen LogP contribution in [0.15, 0.2) is 24.9 Å². The topological polar surface area (TPSA) is 238 Å². The predicted octanol–water partition coefficient (Wildman–Crippen LogP) is -0.457. The van der Waals surface area contributed by atoms with E-state index in [1.54, 1.807) is 0 Å². The lowest BCUT2D eigenvalue weighted by Crippen LogP contribution is -2.37. The molecule has 16 nitrogen and oxygen atoms in total. The third kappa shape index (κ3) is 5.58. The van der Waals surface area contributed by atoms with Crippen LogP contribution in [0.3, 0.4) is 0 Å². The lowest BCUT2D eigenvalue weighted by atomic mass is 10.1. The molecule has 0 aliphatic carbocycles. The standard InChI is InChI=1S/C15H19ClN8O8P2/c16-15-22-12(21-8-4-17-1-2-18-8)9-13(23-15)24(5-19-9)14-11(26)10(25)7(32-14)3-20-33(27,28)6-34(29,30)31/h1-2,4-5,7,10-11,14,25-26H,3,6H2,(H2,20,27,28)(H2,29,30,31)(H,18,21,22,23). The molecule has 0 radical (unpaired) electrons. The van der Waals surface area contributed by atoms with Crippen molar-refractivity contribution in [3.05, 3.63) is 30.2 Å². The second-order valence-corrected chi connectivity index (χ2v) is 11.8. The Labute approximate surface area is 195 Å². The van der Waals surface area contributed by atoms with Gasteiger partial charge >= 0.3 is 7.60 Å². The van der Waals surface area contributed by atoms with E-state index in [9.17, 15) is 24.2 Å². The fraction of sp³-hybridized carbons (Fsp3) is 0.400. The summed E-state index contributed by atoms with van der Waals surface area (Å²) in [6.07, 6.45) is 0.228. The molecule has 0 bridgehead atoms. The quantitative estimate of drug-likeness (QED) is 0.142. The molecule has 1 aliphatic rings. The minimum atomic E-state index is -4.77. The SMILES string of the molecule is O=P(O)(O)CP(=O)(O)NCC1OC(n2cnc3c(Nc4cnccn4)nc(Cl)nc32)C(O)C1O. The highest BCUT2D eigenvalue weighted by atomic mass is 35.5. The van der Waals surface area contributed by atoms with E-state index < -0.39 is 52.1 Å². The van der Waals surface area contributed by atoms with Crippen LogP contribution >= 0.6 is 26.7 Å². The third-order valence-corrected chi connectivity index (χ3v) is 8.58. The first-order chi connectivity index (χ1) is 15.9. The molecule has 34 heavy (non-hydrogen) atoms. The van der Waals surface area contributed by atoms with Gasteiger partial charge in [-0.05, 0) is 11.6 Å². The van der Waals surface area contributed by atoms with Gasteiger partial charge in [-0.2, -0.15) is 9.97 Å². The van der Waals surface area contributed by atoms with Crippen LogP contribution < -0.4 is 10.4 Å². The molecule has 3 aromatic rings. The van der Waals surface area contributed by atoms with Gasteiger partial charge in [0.1, 0.15) is 30.0 Å². The second kappa shape index (κ2) is 9.51. The Morgan fingerprint density at radius 3 is 2.56 bits per heavy atom. The lowest BCUT2D eigenvalue weighted by molar-refractivity contribution is -0.0331. The summed E-state index contributed by atoms with van der Waals surface area (Å²) >= 11 is 6.05. The van der Waals surface area contributed by atoms with Crippen LogP contribution in [0, 0.1) is 0 Å². The Balaban J connectivity index is 1.56. The largest absolute Gasteiger partial charge is 0.387 e. The van der Waals surface area contributed by atoms with Crippen molar-refractivity contribution >= 4 is 49.5 Å². The average molecular weight is 537 g/mol. The van der Waals surface area contributed by atoms with Crippen LogP contribution in [0.5, 0.6) is 0 Å².